The van der Waals surface area contributed by atoms with E-state index in [0.29, 0.717) is 17.1 Å². The van der Waals surface area contributed by atoms with Gasteiger partial charge in [-0.1, -0.05) is 19.1 Å². The minimum absolute atomic E-state index is 0.301. The van der Waals surface area contributed by atoms with Crippen molar-refractivity contribution >= 4 is 5.82 Å². The molecule has 108 valence electrons. The van der Waals surface area contributed by atoms with E-state index in [2.05, 4.69) is 5.10 Å². The molecule has 0 radical (unpaired) electrons. The van der Waals surface area contributed by atoms with Crippen LogP contribution in [0.1, 0.15) is 12.7 Å². The maximum absolute atomic E-state index is 13.5. The summed E-state index contributed by atoms with van der Waals surface area (Å²) in [5.41, 5.74) is 9.17. The highest BCUT2D eigenvalue weighted by atomic mass is 19.1. The van der Waals surface area contributed by atoms with Crippen molar-refractivity contribution in [1.82, 2.24) is 9.78 Å². The molecule has 2 N–H and O–H groups in total. The molecule has 0 saturated carbocycles. The fraction of sp³-hybridized carbons (Fsp3) is 0.188. The summed E-state index contributed by atoms with van der Waals surface area (Å²) in [5, 5.41) is 4.48. The summed E-state index contributed by atoms with van der Waals surface area (Å²) in [5.74, 6) is 1.04. The van der Waals surface area contributed by atoms with Crippen molar-refractivity contribution in [3.63, 3.8) is 0 Å². The predicted molar refractivity (Wildman–Crippen MR) is 80.1 cm³/mol. The van der Waals surface area contributed by atoms with Gasteiger partial charge in [0.2, 0.25) is 0 Å². The van der Waals surface area contributed by atoms with Gasteiger partial charge < -0.3 is 10.2 Å². The van der Waals surface area contributed by atoms with Gasteiger partial charge in [0, 0.05) is 19.0 Å². The van der Waals surface area contributed by atoms with E-state index >= 15 is 0 Å². The zero-order chi connectivity index (χ0) is 15.0. The van der Waals surface area contributed by atoms with Crippen LogP contribution < -0.4 is 5.73 Å². The third-order valence-electron chi connectivity index (χ3n) is 3.53. The van der Waals surface area contributed by atoms with Crippen LogP contribution in [0.5, 0.6) is 0 Å². The predicted octanol–water partition coefficient (Wildman–Crippen LogP) is 3.63. The topological polar surface area (TPSA) is 57.0 Å². The van der Waals surface area contributed by atoms with Gasteiger partial charge in [-0.25, -0.2) is 4.39 Å². The Balaban J connectivity index is 2.26. The molecule has 4 nitrogen and oxygen atoms in total. The summed E-state index contributed by atoms with van der Waals surface area (Å²) in [4.78, 5) is 0. The van der Waals surface area contributed by atoms with Crippen molar-refractivity contribution in [3.8, 4) is 22.4 Å². The molecule has 0 unspecified atom stereocenters. The smallest absolute Gasteiger partial charge is 0.129 e. The summed E-state index contributed by atoms with van der Waals surface area (Å²) in [6.07, 6.45) is 2.38. The summed E-state index contributed by atoms with van der Waals surface area (Å²) in [6, 6.07) is 8.22. The van der Waals surface area contributed by atoms with Crippen LogP contribution in [-0.2, 0) is 13.5 Å². The normalized spacial score (nSPS) is 11.0. The van der Waals surface area contributed by atoms with Gasteiger partial charge in [0.1, 0.15) is 23.1 Å². The number of nitrogens with two attached hydrogens (primary N) is 1. The number of rotatable bonds is 3. The Bertz CT molecular complexity index is 789. The molecule has 0 fully saturated rings. The number of furan rings is 1. The number of hydrogen-bond donors (Lipinski definition) is 1. The van der Waals surface area contributed by atoms with Crippen LogP contribution >= 0.6 is 0 Å². The second-order valence-electron chi connectivity index (χ2n) is 4.85. The van der Waals surface area contributed by atoms with E-state index in [0.717, 1.165) is 23.3 Å². The summed E-state index contributed by atoms with van der Waals surface area (Å²) < 4.78 is 20.6. The summed E-state index contributed by atoms with van der Waals surface area (Å²) >= 11 is 0. The number of halogens is 1. The van der Waals surface area contributed by atoms with E-state index in [1.807, 2.05) is 19.1 Å². The Hall–Kier alpha value is -2.56. The number of anilines is 1. The van der Waals surface area contributed by atoms with Crippen LogP contribution in [0.2, 0.25) is 0 Å². The molecule has 21 heavy (non-hydrogen) atoms. The van der Waals surface area contributed by atoms with Crippen molar-refractivity contribution in [2.24, 2.45) is 7.05 Å². The molecule has 2 heterocycles. The lowest BCUT2D eigenvalue weighted by Gasteiger charge is -2.04. The van der Waals surface area contributed by atoms with E-state index in [-0.39, 0.29) is 5.82 Å². The van der Waals surface area contributed by atoms with E-state index in [9.17, 15) is 4.39 Å². The van der Waals surface area contributed by atoms with Crippen molar-refractivity contribution < 1.29 is 8.81 Å². The first-order chi connectivity index (χ1) is 10.1. The Morgan fingerprint density at radius 1 is 1.33 bits per heavy atom. The van der Waals surface area contributed by atoms with E-state index in [1.165, 1.54) is 12.1 Å². The summed E-state index contributed by atoms with van der Waals surface area (Å²) in [6.45, 7) is 2.01. The monoisotopic (exact) mass is 285 g/mol. The maximum atomic E-state index is 13.5. The molecule has 0 saturated heterocycles. The first kappa shape index (κ1) is 13.4. The number of aromatic nitrogens is 2. The third kappa shape index (κ3) is 2.20. The van der Waals surface area contributed by atoms with Gasteiger partial charge >= 0.3 is 0 Å². The average molecular weight is 285 g/mol. The number of aryl methyl sites for hydroxylation is 2. The third-order valence-corrected chi connectivity index (χ3v) is 3.53. The molecule has 5 heteroatoms. The quantitative estimate of drug-likeness (QED) is 0.799. The molecule has 0 atom stereocenters. The maximum Gasteiger partial charge on any atom is 0.129 e. The molecular weight excluding hydrogens is 269 g/mol. The lowest BCUT2D eigenvalue weighted by molar-refractivity contribution is 0.517. The lowest BCUT2D eigenvalue weighted by Crippen LogP contribution is -1.98. The molecule has 2 aromatic heterocycles. The van der Waals surface area contributed by atoms with Gasteiger partial charge in [-0.15, -0.1) is 0 Å². The molecule has 0 aliphatic carbocycles. The second kappa shape index (κ2) is 5.09. The van der Waals surface area contributed by atoms with Crippen molar-refractivity contribution in [2.45, 2.75) is 13.3 Å². The van der Waals surface area contributed by atoms with E-state index < -0.39 is 0 Å². The van der Waals surface area contributed by atoms with Gasteiger partial charge in [0.25, 0.3) is 0 Å². The van der Waals surface area contributed by atoms with Crippen LogP contribution in [0.4, 0.5) is 10.2 Å². The fourth-order valence-electron chi connectivity index (χ4n) is 2.48. The van der Waals surface area contributed by atoms with Gasteiger partial charge in [0.05, 0.1) is 11.8 Å². The van der Waals surface area contributed by atoms with Crippen LogP contribution in [0, 0.1) is 5.82 Å². The summed E-state index contributed by atoms with van der Waals surface area (Å²) in [7, 11) is 1.77. The van der Waals surface area contributed by atoms with Crippen molar-refractivity contribution in [1.29, 1.82) is 0 Å². The molecule has 3 aromatic rings. The Labute approximate surface area is 122 Å². The Morgan fingerprint density at radius 2 is 2.14 bits per heavy atom. The lowest BCUT2D eigenvalue weighted by atomic mass is 10.0. The van der Waals surface area contributed by atoms with Gasteiger partial charge in [-0.2, -0.15) is 5.10 Å². The number of benzene rings is 1. The minimum Gasteiger partial charge on any atom is -0.469 e. The van der Waals surface area contributed by atoms with Gasteiger partial charge in [-0.05, 0) is 23.8 Å². The average Bonchev–Trinajstić information content (AvgIpc) is 3.04. The number of nitrogen functional groups attached to an aromatic ring is 1. The molecule has 1 aromatic carbocycles. The second-order valence-corrected chi connectivity index (χ2v) is 4.85. The SMILES string of the molecule is CCc1occc1-c1nn(C)c(N)c1-c1cccc(F)c1. The zero-order valence-corrected chi connectivity index (χ0v) is 11.9. The van der Waals surface area contributed by atoms with E-state index in [1.54, 1.807) is 24.1 Å². The fourth-order valence-corrected chi connectivity index (χ4v) is 2.48. The van der Waals surface area contributed by atoms with Crippen LogP contribution in [0.3, 0.4) is 0 Å². The number of hydrogen-bond acceptors (Lipinski definition) is 3. The highest BCUT2D eigenvalue weighted by Gasteiger charge is 2.20. The molecular formula is C16H16FN3O. The van der Waals surface area contributed by atoms with Crippen molar-refractivity contribution in [3.05, 3.63) is 48.2 Å². The zero-order valence-electron chi connectivity index (χ0n) is 11.9. The molecule has 0 spiro atoms. The molecule has 3 rings (SSSR count). The van der Waals surface area contributed by atoms with Crippen molar-refractivity contribution in [2.75, 3.05) is 5.73 Å². The van der Waals surface area contributed by atoms with E-state index in [4.69, 9.17) is 10.2 Å². The Kier molecular flexibility index (Phi) is 3.25. The number of nitrogens with zero attached hydrogens (tertiary/aromatic N) is 2. The highest BCUT2D eigenvalue weighted by molar-refractivity contribution is 5.88. The molecule has 0 aliphatic heterocycles. The molecule has 0 amide bonds. The van der Waals surface area contributed by atoms with Crippen LogP contribution in [0.15, 0.2) is 41.0 Å². The van der Waals surface area contributed by atoms with Crippen LogP contribution in [-0.4, -0.2) is 9.78 Å². The minimum atomic E-state index is -0.301. The van der Waals surface area contributed by atoms with Gasteiger partial charge in [-0.3, -0.25) is 4.68 Å². The standard InChI is InChI=1S/C16H16FN3O/c1-3-13-12(7-8-21-13)15-14(16(18)20(2)19-15)10-5-4-6-11(17)9-10/h4-9H,3,18H2,1-2H3. The van der Waals surface area contributed by atoms with Gasteiger partial charge in [0.15, 0.2) is 0 Å². The molecule has 0 bridgehead atoms. The Morgan fingerprint density at radius 3 is 2.86 bits per heavy atom. The van der Waals surface area contributed by atoms with Crippen LogP contribution in [0.25, 0.3) is 22.4 Å². The first-order valence-corrected chi connectivity index (χ1v) is 6.77. The molecule has 0 aliphatic rings. The largest absolute Gasteiger partial charge is 0.469 e. The highest BCUT2D eigenvalue weighted by Crippen LogP contribution is 2.37. The first-order valence-electron chi connectivity index (χ1n) is 6.77.